The number of aromatic hydroxyl groups is 2. The van der Waals surface area contributed by atoms with E-state index in [9.17, 15) is 31.6 Å². The van der Waals surface area contributed by atoms with Crippen molar-refractivity contribution in [2.45, 2.75) is 21.6 Å². The van der Waals surface area contributed by atoms with E-state index in [4.69, 9.17) is 0 Å². The monoisotopic (exact) mass is 383 g/mol. The molecule has 0 fully saturated rings. The van der Waals surface area contributed by atoms with E-state index in [0.717, 1.165) is 5.56 Å². The Morgan fingerprint density at radius 1 is 0.870 bits per heavy atom. The van der Waals surface area contributed by atoms with E-state index in [1.165, 1.54) is 12.1 Å². The third kappa shape index (κ3) is 4.17. The molecule has 23 heavy (non-hydrogen) atoms. The summed E-state index contributed by atoms with van der Waals surface area (Å²) in [6, 6.07) is 6.65. The van der Waals surface area contributed by atoms with Crippen LogP contribution in [0.25, 0.3) is 0 Å². The van der Waals surface area contributed by atoms with Crippen molar-refractivity contribution in [1.82, 2.24) is 0 Å². The normalized spacial score (nSPS) is 11.7. The summed E-state index contributed by atoms with van der Waals surface area (Å²) in [5.74, 6) is -1.98. The average Bonchev–Trinajstić information content (AvgIpc) is 2.40. The molecule has 0 aliphatic rings. The maximum atomic E-state index is 12.4. The Morgan fingerprint density at radius 2 is 1.30 bits per heavy atom. The molecule has 0 bridgehead atoms. The summed E-state index contributed by atoms with van der Waals surface area (Å²) < 4.78 is 57.5. The molecule has 7 nitrogen and oxygen atoms in total. The summed E-state index contributed by atoms with van der Waals surface area (Å²) in [4.78, 5) is -1.93. The summed E-state index contributed by atoms with van der Waals surface area (Å²) in [7, 11) is -9.22. The number of benzene rings is 2. The largest absolute Gasteiger partial charge is 2.00 e. The first-order valence-corrected chi connectivity index (χ1v) is 8.76. The Morgan fingerprint density at radius 3 is 1.78 bits per heavy atom. The number of hydrogen-bond donors (Lipinski definition) is 2. The maximum absolute atomic E-state index is 12.4. The standard InChI is InChI=1S/C13H12O7S2.Ca/c1-8-2-4-9(5-3-8)21(16,17)12-6-11(15)13(7-10(12)14)22(18,19)20;/h2-7,14-15H,1H3,(H,18,19,20);/q;+2/p-1. The van der Waals surface area contributed by atoms with Crippen molar-refractivity contribution >= 4 is 57.7 Å². The van der Waals surface area contributed by atoms with Crippen LogP contribution in [-0.2, 0) is 20.0 Å². The summed E-state index contributed by atoms with van der Waals surface area (Å²) in [5.41, 5.74) is 0.818. The molecule has 2 aromatic carbocycles. The number of sulfone groups is 1. The van der Waals surface area contributed by atoms with Gasteiger partial charge in [0, 0.05) is 12.1 Å². The zero-order valence-corrected chi connectivity index (χ0v) is 15.8. The smallest absolute Gasteiger partial charge is 0.744 e. The van der Waals surface area contributed by atoms with E-state index in [0.29, 0.717) is 12.1 Å². The summed E-state index contributed by atoms with van der Waals surface area (Å²) in [6.45, 7) is 1.76. The van der Waals surface area contributed by atoms with Crippen molar-refractivity contribution < 1.29 is 31.6 Å². The molecular weight excluding hydrogens is 372 g/mol. The molecule has 0 radical (unpaired) electrons. The van der Waals surface area contributed by atoms with Crippen molar-refractivity contribution in [3.05, 3.63) is 42.0 Å². The molecule has 0 saturated heterocycles. The van der Waals surface area contributed by atoms with Gasteiger partial charge in [0.25, 0.3) is 0 Å². The quantitative estimate of drug-likeness (QED) is 0.454. The third-order valence-electron chi connectivity index (χ3n) is 2.93. The van der Waals surface area contributed by atoms with E-state index in [1.807, 2.05) is 0 Å². The van der Waals surface area contributed by atoms with Crippen LogP contribution in [0, 0.1) is 6.92 Å². The van der Waals surface area contributed by atoms with Crippen LogP contribution in [0.5, 0.6) is 11.5 Å². The molecule has 10 heteroatoms. The molecule has 0 atom stereocenters. The fraction of sp³-hybridized carbons (Fsp3) is 0.0769. The minimum Gasteiger partial charge on any atom is -0.744 e. The van der Waals surface area contributed by atoms with E-state index < -0.39 is 41.2 Å². The van der Waals surface area contributed by atoms with Gasteiger partial charge in [0.15, 0.2) is 0 Å². The molecule has 0 aromatic heterocycles. The van der Waals surface area contributed by atoms with E-state index in [1.54, 1.807) is 19.1 Å². The molecule has 0 amide bonds. The van der Waals surface area contributed by atoms with Crippen LogP contribution in [0.1, 0.15) is 5.56 Å². The van der Waals surface area contributed by atoms with Gasteiger partial charge >= 0.3 is 37.7 Å². The van der Waals surface area contributed by atoms with Gasteiger partial charge in [-0.2, -0.15) is 0 Å². The predicted molar refractivity (Wildman–Crippen MR) is 80.1 cm³/mol. The molecule has 0 aliphatic heterocycles. The first kappa shape index (κ1) is 20.2. The molecule has 118 valence electrons. The zero-order chi connectivity index (χ0) is 16.7. The number of phenols is 2. The Kier molecular flexibility index (Phi) is 6.11. The van der Waals surface area contributed by atoms with Crippen molar-refractivity contribution in [3.8, 4) is 11.5 Å². The predicted octanol–water partition coefficient (Wildman–Crippen LogP) is 0.762. The van der Waals surface area contributed by atoms with Crippen LogP contribution < -0.4 is 0 Å². The Labute approximate surface area is 163 Å². The second kappa shape index (κ2) is 6.96. The molecule has 2 N–H and O–H groups in total. The molecule has 2 aromatic rings. The first-order valence-electron chi connectivity index (χ1n) is 5.87. The Bertz CT molecular complexity index is 933. The van der Waals surface area contributed by atoms with Gasteiger partial charge in [-0.3, -0.25) is 0 Å². The summed E-state index contributed by atoms with van der Waals surface area (Å²) >= 11 is 0. The molecule has 0 heterocycles. The van der Waals surface area contributed by atoms with Gasteiger partial charge < -0.3 is 14.8 Å². The van der Waals surface area contributed by atoms with Crippen LogP contribution in [0.15, 0.2) is 51.1 Å². The average molecular weight is 383 g/mol. The van der Waals surface area contributed by atoms with Gasteiger partial charge in [0.05, 0.1) is 9.79 Å². The van der Waals surface area contributed by atoms with E-state index >= 15 is 0 Å². The number of phenolic OH excluding ortho intramolecular Hbond substituents is 2. The minimum absolute atomic E-state index is 0. The van der Waals surface area contributed by atoms with Crippen molar-refractivity contribution in [2.24, 2.45) is 0 Å². The summed E-state index contributed by atoms with van der Waals surface area (Å²) in [5, 5.41) is 19.3. The third-order valence-corrected chi connectivity index (χ3v) is 5.60. The Balaban J connectivity index is 0.00000264. The SMILES string of the molecule is Cc1ccc(S(=O)(=O)c2cc(O)c(S(=O)(=O)[O-])cc2O)cc1.[Ca+2]. The van der Waals surface area contributed by atoms with Gasteiger partial charge in [-0.1, -0.05) is 17.7 Å². The van der Waals surface area contributed by atoms with Crippen LogP contribution >= 0.6 is 0 Å². The minimum atomic E-state index is -5.04. The van der Waals surface area contributed by atoms with Crippen LogP contribution in [0.4, 0.5) is 0 Å². The number of hydrogen-bond acceptors (Lipinski definition) is 7. The zero-order valence-electron chi connectivity index (χ0n) is 11.9. The van der Waals surface area contributed by atoms with Crippen LogP contribution in [0.2, 0.25) is 0 Å². The van der Waals surface area contributed by atoms with Gasteiger partial charge in [0.2, 0.25) is 9.84 Å². The molecule has 0 spiro atoms. The number of aryl methyl sites for hydroxylation is 1. The number of rotatable bonds is 3. The van der Waals surface area contributed by atoms with Gasteiger partial charge in [-0.05, 0) is 19.1 Å². The second-order valence-electron chi connectivity index (χ2n) is 4.56. The van der Waals surface area contributed by atoms with Crippen molar-refractivity contribution in [3.63, 3.8) is 0 Å². The van der Waals surface area contributed by atoms with Gasteiger partial charge in [-0.15, -0.1) is 0 Å². The van der Waals surface area contributed by atoms with E-state index in [-0.39, 0.29) is 42.6 Å². The van der Waals surface area contributed by atoms with Crippen LogP contribution in [0.3, 0.4) is 0 Å². The van der Waals surface area contributed by atoms with Gasteiger partial charge in [0.1, 0.15) is 26.5 Å². The fourth-order valence-electron chi connectivity index (χ4n) is 1.80. The van der Waals surface area contributed by atoms with Crippen molar-refractivity contribution in [2.75, 3.05) is 0 Å². The molecule has 0 unspecified atom stereocenters. The van der Waals surface area contributed by atoms with E-state index in [2.05, 4.69) is 0 Å². The Hall–Kier alpha value is -0.840. The van der Waals surface area contributed by atoms with Gasteiger partial charge in [-0.25, -0.2) is 16.8 Å². The maximum Gasteiger partial charge on any atom is 2.00 e. The van der Waals surface area contributed by atoms with Crippen molar-refractivity contribution in [1.29, 1.82) is 0 Å². The molecule has 0 saturated carbocycles. The fourth-order valence-corrected chi connectivity index (χ4v) is 3.72. The van der Waals surface area contributed by atoms with Crippen LogP contribution in [-0.4, -0.2) is 69.3 Å². The first-order chi connectivity index (χ1) is 10.0. The molecule has 2 rings (SSSR count). The summed E-state index contributed by atoms with van der Waals surface area (Å²) in [6.07, 6.45) is 0. The molecular formula is C13H11CaO7S2+. The second-order valence-corrected chi connectivity index (χ2v) is 7.82. The molecule has 0 aliphatic carbocycles. The topological polar surface area (TPSA) is 132 Å².